The third-order valence-corrected chi connectivity index (χ3v) is 4.54. The highest BCUT2D eigenvalue weighted by Gasteiger charge is 2.23. The number of carbonyl (C=O) groups is 1. The van der Waals surface area contributed by atoms with E-state index in [0.717, 1.165) is 29.7 Å². The third kappa shape index (κ3) is 3.12. The Morgan fingerprint density at radius 2 is 1.58 bits per heavy atom. The molecule has 0 heterocycles. The maximum atomic E-state index is 13.2. The molecule has 0 aliphatic heterocycles. The lowest BCUT2D eigenvalue weighted by Gasteiger charge is -2.19. The van der Waals surface area contributed by atoms with Crippen molar-refractivity contribution in [1.29, 1.82) is 0 Å². The minimum absolute atomic E-state index is 0.0737. The van der Waals surface area contributed by atoms with Gasteiger partial charge in [-0.15, -0.1) is 0 Å². The van der Waals surface area contributed by atoms with Crippen LogP contribution in [0.1, 0.15) is 27.9 Å². The predicted molar refractivity (Wildman–Crippen MR) is 99.7 cm³/mol. The van der Waals surface area contributed by atoms with E-state index in [4.69, 9.17) is 18.9 Å². The second-order valence-electron chi connectivity index (χ2n) is 5.92. The van der Waals surface area contributed by atoms with E-state index < -0.39 is 0 Å². The van der Waals surface area contributed by atoms with Gasteiger partial charge in [0.1, 0.15) is 5.75 Å². The summed E-state index contributed by atoms with van der Waals surface area (Å²) in [5, 5.41) is 0. The van der Waals surface area contributed by atoms with Crippen molar-refractivity contribution in [2.45, 2.75) is 12.8 Å². The summed E-state index contributed by atoms with van der Waals surface area (Å²) in [5.74, 6) is 2.11. The van der Waals surface area contributed by atoms with Gasteiger partial charge in [-0.2, -0.15) is 0 Å². The van der Waals surface area contributed by atoms with Crippen LogP contribution < -0.4 is 18.9 Å². The number of ketones is 1. The van der Waals surface area contributed by atoms with Gasteiger partial charge < -0.3 is 18.9 Å². The second-order valence-corrected chi connectivity index (χ2v) is 5.92. The van der Waals surface area contributed by atoms with Crippen LogP contribution in [0, 0.1) is 0 Å². The summed E-state index contributed by atoms with van der Waals surface area (Å²) in [4.78, 5) is 13.2. The Kier molecular flexibility index (Phi) is 5.16. The number of hydrogen-bond acceptors (Lipinski definition) is 5. The first-order valence-electron chi connectivity index (χ1n) is 8.35. The maximum absolute atomic E-state index is 13.2. The lowest BCUT2D eigenvalue weighted by Crippen LogP contribution is -2.10. The summed E-state index contributed by atoms with van der Waals surface area (Å²) in [7, 11) is 6.25. The summed E-state index contributed by atoms with van der Waals surface area (Å²) < 4.78 is 21.4. The Morgan fingerprint density at radius 3 is 2.15 bits per heavy atom. The smallest absolute Gasteiger partial charge is 0.203 e. The van der Waals surface area contributed by atoms with Crippen molar-refractivity contribution in [2.24, 2.45) is 0 Å². The van der Waals surface area contributed by atoms with Gasteiger partial charge in [0.15, 0.2) is 17.3 Å². The molecular formula is C21H22O5. The molecule has 0 radical (unpaired) electrons. The zero-order valence-electron chi connectivity index (χ0n) is 15.4. The van der Waals surface area contributed by atoms with Crippen molar-refractivity contribution in [2.75, 3.05) is 28.4 Å². The highest BCUT2D eigenvalue weighted by molar-refractivity contribution is 6.29. The van der Waals surface area contributed by atoms with Crippen molar-refractivity contribution in [1.82, 2.24) is 0 Å². The zero-order chi connectivity index (χ0) is 18.7. The van der Waals surface area contributed by atoms with Crippen molar-refractivity contribution in [3.63, 3.8) is 0 Å². The van der Waals surface area contributed by atoms with E-state index in [1.807, 2.05) is 24.3 Å². The van der Waals surface area contributed by atoms with Gasteiger partial charge in [0.25, 0.3) is 0 Å². The van der Waals surface area contributed by atoms with Crippen LogP contribution in [0.25, 0.3) is 5.57 Å². The summed E-state index contributed by atoms with van der Waals surface area (Å²) in [6.07, 6.45) is 3.69. The molecule has 26 heavy (non-hydrogen) atoms. The summed E-state index contributed by atoms with van der Waals surface area (Å²) in [6.45, 7) is 0. The number of Topliss-reactive ketones (excluding diaryl/α,β-unsaturated/α-hetero) is 1. The van der Waals surface area contributed by atoms with E-state index in [1.165, 1.54) is 21.3 Å². The number of fused-ring (bicyclic) bond motifs is 1. The number of aryl methyl sites for hydroxylation is 1. The number of ether oxygens (including phenoxy) is 4. The number of carbonyl (C=O) groups excluding carboxylic acids is 1. The molecule has 0 bridgehead atoms. The monoisotopic (exact) mass is 354 g/mol. The van der Waals surface area contributed by atoms with Crippen LogP contribution in [0.15, 0.2) is 36.4 Å². The van der Waals surface area contributed by atoms with E-state index >= 15 is 0 Å². The molecule has 136 valence electrons. The van der Waals surface area contributed by atoms with Crippen LogP contribution in [0.2, 0.25) is 0 Å². The van der Waals surface area contributed by atoms with Crippen LogP contribution in [0.5, 0.6) is 23.0 Å². The maximum Gasteiger partial charge on any atom is 0.203 e. The van der Waals surface area contributed by atoms with E-state index in [9.17, 15) is 4.79 Å². The third-order valence-electron chi connectivity index (χ3n) is 4.54. The standard InChI is InChI=1S/C21H22O5/c1-23-15-8-9-16-13(10-15)6-5-7-17(16)20(22)14-11-18(24-2)21(26-4)19(12-14)25-3/h7-12H,5-6H2,1-4H3. The second kappa shape index (κ2) is 7.52. The van der Waals surface area contributed by atoms with Crippen LogP contribution >= 0.6 is 0 Å². The van der Waals surface area contributed by atoms with Crippen molar-refractivity contribution in [3.8, 4) is 23.0 Å². The Bertz CT molecular complexity index is 842. The fraction of sp³-hybridized carbons (Fsp3) is 0.286. The molecule has 5 heteroatoms. The number of hydrogen-bond donors (Lipinski definition) is 0. The zero-order valence-corrected chi connectivity index (χ0v) is 15.4. The quantitative estimate of drug-likeness (QED) is 0.736. The summed E-state index contributed by atoms with van der Waals surface area (Å²) >= 11 is 0. The Labute approximate surface area is 153 Å². The molecule has 2 aromatic rings. The Morgan fingerprint density at radius 1 is 0.885 bits per heavy atom. The van der Waals surface area contributed by atoms with E-state index in [-0.39, 0.29) is 5.78 Å². The highest BCUT2D eigenvalue weighted by Crippen LogP contribution is 2.40. The predicted octanol–water partition coefficient (Wildman–Crippen LogP) is 3.93. The van der Waals surface area contributed by atoms with Crippen molar-refractivity contribution in [3.05, 3.63) is 53.1 Å². The lowest BCUT2D eigenvalue weighted by molar-refractivity contribution is 0.105. The van der Waals surface area contributed by atoms with Gasteiger partial charge in [-0.05, 0) is 48.2 Å². The fourth-order valence-electron chi connectivity index (χ4n) is 3.23. The van der Waals surface area contributed by atoms with Gasteiger partial charge in [0, 0.05) is 11.1 Å². The SMILES string of the molecule is COc1ccc2c(c1)CCC=C2C(=O)c1cc(OC)c(OC)c(OC)c1. The summed E-state index contributed by atoms with van der Waals surface area (Å²) in [5.41, 5.74) is 3.23. The van der Waals surface area contributed by atoms with Gasteiger partial charge in [0.2, 0.25) is 5.75 Å². The molecule has 0 atom stereocenters. The van der Waals surface area contributed by atoms with Gasteiger partial charge in [-0.25, -0.2) is 0 Å². The minimum Gasteiger partial charge on any atom is -0.497 e. The molecular weight excluding hydrogens is 332 g/mol. The first-order chi connectivity index (χ1) is 12.6. The van der Waals surface area contributed by atoms with Crippen LogP contribution in [0.4, 0.5) is 0 Å². The molecule has 5 nitrogen and oxygen atoms in total. The first kappa shape index (κ1) is 17.9. The van der Waals surface area contributed by atoms with Crippen molar-refractivity contribution >= 4 is 11.4 Å². The molecule has 3 rings (SSSR count). The topological polar surface area (TPSA) is 54.0 Å². The van der Waals surface area contributed by atoms with Crippen LogP contribution in [-0.4, -0.2) is 34.2 Å². The lowest BCUT2D eigenvalue weighted by atomic mass is 9.86. The molecule has 0 saturated carbocycles. The average molecular weight is 354 g/mol. The van der Waals surface area contributed by atoms with Crippen LogP contribution in [-0.2, 0) is 6.42 Å². The average Bonchev–Trinajstić information content (AvgIpc) is 2.70. The van der Waals surface area contributed by atoms with Crippen molar-refractivity contribution < 1.29 is 23.7 Å². The normalized spacial score (nSPS) is 12.7. The number of rotatable bonds is 6. The largest absolute Gasteiger partial charge is 0.497 e. The molecule has 0 fully saturated rings. The van der Waals surface area contributed by atoms with Gasteiger partial charge in [0.05, 0.1) is 28.4 Å². The van der Waals surface area contributed by atoms with Gasteiger partial charge >= 0.3 is 0 Å². The molecule has 1 aliphatic carbocycles. The molecule has 2 aromatic carbocycles. The molecule has 0 spiro atoms. The molecule has 0 aromatic heterocycles. The van der Waals surface area contributed by atoms with Gasteiger partial charge in [-0.1, -0.05) is 12.1 Å². The highest BCUT2D eigenvalue weighted by atomic mass is 16.5. The molecule has 0 saturated heterocycles. The Hall–Kier alpha value is -2.95. The number of allylic oxidation sites excluding steroid dienone is 2. The first-order valence-corrected chi connectivity index (χ1v) is 8.35. The van der Waals surface area contributed by atoms with E-state index in [2.05, 4.69) is 0 Å². The van der Waals surface area contributed by atoms with E-state index in [0.29, 0.717) is 28.4 Å². The summed E-state index contributed by atoms with van der Waals surface area (Å²) in [6, 6.07) is 9.17. The molecule has 1 aliphatic rings. The molecule has 0 N–H and O–H groups in total. The molecule has 0 amide bonds. The Balaban J connectivity index is 2.04. The molecule has 0 unspecified atom stereocenters. The minimum atomic E-state index is -0.0737. The van der Waals surface area contributed by atoms with E-state index in [1.54, 1.807) is 19.2 Å². The van der Waals surface area contributed by atoms with Crippen LogP contribution in [0.3, 0.4) is 0 Å². The number of methoxy groups -OCH3 is 4. The van der Waals surface area contributed by atoms with Gasteiger partial charge in [-0.3, -0.25) is 4.79 Å². The fourth-order valence-corrected chi connectivity index (χ4v) is 3.23. The number of benzene rings is 2.